The minimum Gasteiger partial charge on any atom is -0.469 e. The molecule has 0 aliphatic heterocycles. The zero-order valence-corrected chi connectivity index (χ0v) is 10.5. The molecule has 0 amide bonds. The largest absolute Gasteiger partial charge is 0.469 e. The van der Waals surface area contributed by atoms with E-state index in [0.29, 0.717) is 11.5 Å². The Bertz CT molecular complexity index is 415. The Morgan fingerprint density at radius 1 is 1.56 bits per heavy atom. The Balaban J connectivity index is 2.37. The van der Waals surface area contributed by atoms with Crippen molar-refractivity contribution in [2.45, 2.75) is 18.8 Å². The van der Waals surface area contributed by atoms with Gasteiger partial charge >= 0.3 is 5.97 Å². The lowest BCUT2D eigenvalue weighted by atomic mass is 9.94. The maximum Gasteiger partial charge on any atom is 0.313 e. The van der Waals surface area contributed by atoms with Crippen LogP contribution in [0.2, 0.25) is 0 Å². The zero-order chi connectivity index (χ0) is 11.7. The molecule has 1 saturated carbocycles. The smallest absolute Gasteiger partial charge is 0.313 e. The minimum atomic E-state index is -0.338. The fourth-order valence-corrected chi connectivity index (χ4v) is 2.38. The van der Waals surface area contributed by atoms with Crippen LogP contribution in [-0.2, 0) is 9.53 Å². The topological polar surface area (TPSA) is 26.3 Å². The second-order valence-corrected chi connectivity index (χ2v) is 4.86. The van der Waals surface area contributed by atoms with Crippen molar-refractivity contribution in [3.63, 3.8) is 0 Å². The molecule has 1 aromatic carbocycles. The van der Waals surface area contributed by atoms with Gasteiger partial charge in [0.2, 0.25) is 0 Å². The van der Waals surface area contributed by atoms with E-state index in [0.717, 1.165) is 17.3 Å². The first-order valence-electron chi connectivity index (χ1n) is 5.16. The van der Waals surface area contributed by atoms with Gasteiger partial charge in [-0.3, -0.25) is 4.79 Å². The number of halogens is 2. The van der Waals surface area contributed by atoms with Gasteiger partial charge in [-0.1, -0.05) is 15.9 Å². The summed E-state index contributed by atoms with van der Waals surface area (Å²) in [4.78, 5) is 11.7. The van der Waals surface area contributed by atoms with E-state index in [1.54, 1.807) is 6.07 Å². The summed E-state index contributed by atoms with van der Waals surface area (Å²) in [6.07, 6.45) is 2.01. The number of methoxy groups -OCH3 is 1. The highest BCUT2D eigenvalue weighted by molar-refractivity contribution is 9.10. The van der Waals surface area contributed by atoms with Crippen LogP contribution in [-0.4, -0.2) is 13.1 Å². The summed E-state index contributed by atoms with van der Waals surface area (Å²) >= 11 is 3.35. The van der Waals surface area contributed by atoms with E-state index >= 15 is 0 Å². The van der Waals surface area contributed by atoms with Crippen molar-refractivity contribution in [3.8, 4) is 0 Å². The number of benzene rings is 1. The number of esters is 1. The first-order chi connectivity index (χ1) is 7.63. The molecular formula is C12H12BrFO2. The number of carbonyl (C=O) groups excluding carboxylic acids is 1. The van der Waals surface area contributed by atoms with Crippen LogP contribution >= 0.6 is 15.9 Å². The molecule has 86 valence electrons. The summed E-state index contributed by atoms with van der Waals surface area (Å²) < 4.78 is 18.7. The lowest BCUT2D eigenvalue weighted by molar-refractivity contribution is -0.143. The molecule has 1 aliphatic rings. The van der Waals surface area contributed by atoms with Crippen LogP contribution in [0.1, 0.15) is 24.3 Å². The lowest BCUT2D eigenvalue weighted by Crippen LogP contribution is -2.17. The van der Waals surface area contributed by atoms with Gasteiger partial charge in [-0.2, -0.15) is 0 Å². The number of carbonyl (C=O) groups is 1. The molecule has 0 saturated heterocycles. The Morgan fingerprint density at radius 2 is 2.25 bits per heavy atom. The van der Waals surface area contributed by atoms with E-state index in [9.17, 15) is 9.18 Å². The van der Waals surface area contributed by atoms with Gasteiger partial charge in [0, 0.05) is 4.47 Å². The average Bonchev–Trinajstić information content (AvgIpc) is 3.07. The normalized spacial score (nSPS) is 16.9. The average molecular weight is 287 g/mol. The zero-order valence-electron chi connectivity index (χ0n) is 8.87. The van der Waals surface area contributed by atoms with Gasteiger partial charge in [-0.15, -0.1) is 0 Å². The monoisotopic (exact) mass is 286 g/mol. The van der Waals surface area contributed by atoms with Crippen molar-refractivity contribution in [2.75, 3.05) is 7.11 Å². The highest BCUT2D eigenvalue weighted by Crippen LogP contribution is 2.45. The van der Waals surface area contributed by atoms with E-state index < -0.39 is 0 Å². The lowest BCUT2D eigenvalue weighted by Gasteiger charge is -2.15. The number of hydrogen-bond donors (Lipinski definition) is 0. The second-order valence-electron chi connectivity index (χ2n) is 4.00. The van der Waals surface area contributed by atoms with Crippen molar-refractivity contribution < 1.29 is 13.9 Å². The third-order valence-corrected chi connectivity index (χ3v) is 3.56. The molecule has 0 aromatic heterocycles. The molecule has 0 spiro atoms. The molecule has 0 radical (unpaired) electrons. The molecule has 16 heavy (non-hydrogen) atoms. The van der Waals surface area contributed by atoms with Gasteiger partial charge in [-0.25, -0.2) is 4.39 Å². The molecular weight excluding hydrogens is 275 g/mol. The highest BCUT2D eigenvalue weighted by Gasteiger charge is 2.39. The molecule has 1 atom stereocenters. The van der Waals surface area contributed by atoms with Crippen molar-refractivity contribution in [3.05, 3.63) is 34.1 Å². The predicted molar refractivity (Wildman–Crippen MR) is 61.6 cm³/mol. The molecule has 0 heterocycles. The van der Waals surface area contributed by atoms with Gasteiger partial charge in [0.15, 0.2) is 0 Å². The summed E-state index contributed by atoms with van der Waals surface area (Å²) in [6.45, 7) is 0. The fourth-order valence-electron chi connectivity index (χ4n) is 1.88. The van der Waals surface area contributed by atoms with E-state index in [4.69, 9.17) is 4.74 Å². The molecule has 4 heteroatoms. The molecule has 1 aliphatic carbocycles. The molecule has 2 nitrogen and oxygen atoms in total. The maximum absolute atomic E-state index is 13.2. The summed E-state index contributed by atoms with van der Waals surface area (Å²) in [6, 6.07) is 4.40. The number of hydrogen-bond acceptors (Lipinski definition) is 2. The maximum atomic E-state index is 13.2. The quantitative estimate of drug-likeness (QED) is 0.798. The molecule has 1 unspecified atom stereocenters. The molecule has 0 bridgehead atoms. The number of rotatable bonds is 3. The van der Waals surface area contributed by atoms with E-state index in [-0.39, 0.29) is 17.7 Å². The van der Waals surface area contributed by atoms with Gasteiger partial charge in [0.25, 0.3) is 0 Å². The Labute approximate surface area is 102 Å². The second kappa shape index (κ2) is 4.53. The van der Waals surface area contributed by atoms with Crippen LogP contribution in [0.5, 0.6) is 0 Å². The summed E-state index contributed by atoms with van der Waals surface area (Å²) in [5.41, 5.74) is 0.689. The van der Waals surface area contributed by atoms with Crippen LogP contribution in [0.3, 0.4) is 0 Å². The van der Waals surface area contributed by atoms with Crippen molar-refractivity contribution in [1.29, 1.82) is 0 Å². The van der Waals surface area contributed by atoms with Crippen LogP contribution < -0.4 is 0 Å². The Hall–Kier alpha value is -0.900. The number of ether oxygens (including phenoxy) is 1. The molecule has 0 N–H and O–H groups in total. The van der Waals surface area contributed by atoms with E-state index in [1.165, 1.54) is 19.2 Å². The van der Waals surface area contributed by atoms with Gasteiger partial charge in [0.05, 0.1) is 13.0 Å². The van der Waals surface area contributed by atoms with Crippen LogP contribution in [0.15, 0.2) is 22.7 Å². The molecule has 1 fully saturated rings. The molecule has 2 rings (SSSR count). The Morgan fingerprint density at radius 3 is 2.81 bits per heavy atom. The van der Waals surface area contributed by atoms with Crippen LogP contribution in [0.25, 0.3) is 0 Å². The molecule has 1 aromatic rings. The highest BCUT2D eigenvalue weighted by atomic mass is 79.9. The minimum absolute atomic E-state index is 0.284. The summed E-state index contributed by atoms with van der Waals surface area (Å²) in [5.74, 6) is -0.651. The van der Waals surface area contributed by atoms with E-state index in [1.807, 2.05) is 0 Å². The summed E-state index contributed by atoms with van der Waals surface area (Å²) in [7, 11) is 1.37. The van der Waals surface area contributed by atoms with Gasteiger partial charge in [-0.05, 0) is 42.5 Å². The SMILES string of the molecule is COC(=O)C(c1cc(F)ccc1Br)C1CC1. The van der Waals surface area contributed by atoms with Crippen molar-refractivity contribution >= 4 is 21.9 Å². The third-order valence-electron chi connectivity index (χ3n) is 2.84. The van der Waals surface area contributed by atoms with Crippen LogP contribution in [0, 0.1) is 11.7 Å². The van der Waals surface area contributed by atoms with Crippen molar-refractivity contribution in [1.82, 2.24) is 0 Å². The first-order valence-corrected chi connectivity index (χ1v) is 5.95. The standard InChI is InChI=1S/C12H12BrFO2/c1-16-12(15)11(7-2-3-7)9-6-8(14)4-5-10(9)13/h4-7,11H,2-3H2,1H3. The Kier molecular flexibility index (Phi) is 3.28. The predicted octanol–water partition coefficient (Wildman–Crippen LogP) is 3.25. The van der Waals surface area contributed by atoms with Gasteiger partial charge < -0.3 is 4.74 Å². The summed E-state index contributed by atoms with van der Waals surface area (Å²) in [5, 5.41) is 0. The van der Waals surface area contributed by atoms with Crippen molar-refractivity contribution in [2.24, 2.45) is 5.92 Å². The fraction of sp³-hybridized carbons (Fsp3) is 0.417. The van der Waals surface area contributed by atoms with Gasteiger partial charge in [0.1, 0.15) is 5.82 Å². The third kappa shape index (κ3) is 2.26. The van der Waals surface area contributed by atoms with Crippen LogP contribution in [0.4, 0.5) is 4.39 Å². The van der Waals surface area contributed by atoms with E-state index in [2.05, 4.69) is 15.9 Å². The first kappa shape index (κ1) is 11.6.